The number of hydrogen-bond acceptors (Lipinski definition) is 3. The molecule has 0 aliphatic heterocycles. The molecule has 112 valence electrons. The second kappa shape index (κ2) is 7.44. The maximum Gasteiger partial charge on any atom is 0.326 e. The monoisotopic (exact) mass is 311 g/mol. The number of amides is 1. The Balaban J connectivity index is 2.70. The van der Waals surface area contributed by atoms with Gasteiger partial charge in [-0.05, 0) is 30.2 Å². The Bertz CT molecular complexity index is 597. The van der Waals surface area contributed by atoms with Gasteiger partial charge in [-0.3, -0.25) is 9.59 Å². The number of aryl methyl sites for hydroxylation is 1. The van der Waals surface area contributed by atoms with Gasteiger partial charge >= 0.3 is 11.9 Å². The summed E-state index contributed by atoms with van der Waals surface area (Å²) >= 11 is 5.93. The van der Waals surface area contributed by atoms with Crippen molar-refractivity contribution < 1.29 is 24.6 Å². The van der Waals surface area contributed by atoms with Gasteiger partial charge in [0.05, 0.1) is 6.42 Å². The first-order chi connectivity index (χ1) is 9.79. The zero-order chi connectivity index (χ0) is 16.0. The molecule has 21 heavy (non-hydrogen) atoms. The van der Waals surface area contributed by atoms with Gasteiger partial charge in [0.2, 0.25) is 5.91 Å². The molecule has 0 fully saturated rings. The van der Waals surface area contributed by atoms with Crippen molar-refractivity contribution in [1.82, 2.24) is 5.32 Å². The summed E-state index contributed by atoms with van der Waals surface area (Å²) in [4.78, 5) is 32.9. The molecule has 0 aliphatic rings. The highest BCUT2D eigenvalue weighted by Gasteiger charge is 2.21. The lowest BCUT2D eigenvalue weighted by Crippen LogP contribution is -2.41. The van der Waals surface area contributed by atoms with Crippen LogP contribution in [0.15, 0.2) is 24.3 Å². The van der Waals surface area contributed by atoms with Crippen molar-refractivity contribution in [2.24, 2.45) is 0 Å². The van der Waals surface area contributed by atoms with Crippen molar-refractivity contribution in [3.63, 3.8) is 0 Å². The van der Waals surface area contributed by atoms with Gasteiger partial charge in [-0.15, -0.1) is 0 Å². The maximum atomic E-state index is 11.6. The van der Waals surface area contributed by atoms with Crippen LogP contribution in [0.3, 0.4) is 0 Å². The van der Waals surface area contributed by atoms with Gasteiger partial charge in [0.1, 0.15) is 6.04 Å². The Morgan fingerprint density at radius 2 is 2.00 bits per heavy atom. The molecule has 1 aromatic rings. The molecule has 3 N–H and O–H groups in total. The van der Waals surface area contributed by atoms with E-state index in [1.807, 2.05) is 6.92 Å². The van der Waals surface area contributed by atoms with Crippen molar-refractivity contribution >= 4 is 35.5 Å². The minimum absolute atomic E-state index is 0.548. The first-order valence-electron chi connectivity index (χ1n) is 5.99. The quantitative estimate of drug-likeness (QED) is 0.694. The first kappa shape index (κ1) is 16.7. The van der Waals surface area contributed by atoms with Gasteiger partial charge in [0.15, 0.2) is 0 Å². The summed E-state index contributed by atoms with van der Waals surface area (Å²) in [6, 6.07) is 3.72. The molecule has 1 aromatic carbocycles. The number of carboxylic acids is 2. The summed E-state index contributed by atoms with van der Waals surface area (Å²) in [6.07, 6.45) is 1.89. The molecule has 7 heteroatoms. The third-order valence-electron chi connectivity index (χ3n) is 2.62. The molecule has 0 unspecified atom stereocenters. The minimum Gasteiger partial charge on any atom is -0.481 e. The molecular formula is C14H14ClNO5. The van der Waals surface area contributed by atoms with Crippen LogP contribution in [0.2, 0.25) is 5.02 Å². The van der Waals surface area contributed by atoms with Crippen LogP contribution in [0.1, 0.15) is 17.5 Å². The van der Waals surface area contributed by atoms with Gasteiger partial charge in [0.25, 0.3) is 0 Å². The largest absolute Gasteiger partial charge is 0.481 e. The van der Waals surface area contributed by atoms with E-state index in [0.29, 0.717) is 10.6 Å². The van der Waals surface area contributed by atoms with E-state index >= 15 is 0 Å². The first-order valence-corrected chi connectivity index (χ1v) is 6.36. The summed E-state index contributed by atoms with van der Waals surface area (Å²) in [6.45, 7) is 1.84. The van der Waals surface area contributed by atoms with Crippen LogP contribution in [0, 0.1) is 6.92 Å². The van der Waals surface area contributed by atoms with Gasteiger partial charge < -0.3 is 15.5 Å². The van der Waals surface area contributed by atoms with Crippen molar-refractivity contribution in [3.05, 3.63) is 40.4 Å². The second-order valence-corrected chi connectivity index (χ2v) is 4.75. The predicted molar refractivity (Wildman–Crippen MR) is 77.0 cm³/mol. The number of benzene rings is 1. The number of nitrogens with one attached hydrogen (secondary N) is 1. The van der Waals surface area contributed by atoms with Crippen molar-refractivity contribution in [3.8, 4) is 0 Å². The van der Waals surface area contributed by atoms with Crippen LogP contribution < -0.4 is 5.32 Å². The Labute approximate surface area is 126 Å². The highest BCUT2D eigenvalue weighted by Crippen LogP contribution is 2.17. The van der Waals surface area contributed by atoms with Crippen LogP contribution in [0.4, 0.5) is 0 Å². The fourth-order valence-electron chi connectivity index (χ4n) is 1.48. The minimum atomic E-state index is -1.47. The lowest BCUT2D eigenvalue weighted by molar-refractivity contribution is -0.146. The van der Waals surface area contributed by atoms with E-state index in [1.54, 1.807) is 18.2 Å². The van der Waals surface area contributed by atoms with E-state index in [2.05, 4.69) is 5.32 Å². The number of rotatable bonds is 6. The molecule has 1 amide bonds. The summed E-state index contributed by atoms with van der Waals surface area (Å²) in [5, 5.41) is 20.0. The number of hydrogen-bond donors (Lipinski definition) is 3. The molecule has 0 saturated heterocycles. The Kier molecular flexibility index (Phi) is 5.92. The van der Waals surface area contributed by atoms with E-state index in [-0.39, 0.29) is 0 Å². The molecule has 0 aliphatic carbocycles. The lowest BCUT2D eigenvalue weighted by Gasteiger charge is -2.10. The molecule has 0 saturated carbocycles. The Morgan fingerprint density at radius 1 is 1.33 bits per heavy atom. The van der Waals surface area contributed by atoms with Gasteiger partial charge in [-0.1, -0.05) is 23.7 Å². The highest BCUT2D eigenvalue weighted by molar-refractivity contribution is 6.31. The molecule has 0 aromatic heterocycles. The number of carboxylic acid groups (broad SMARTS) is 2. The van der Waals surface area contributed by atoms with E-state index in [4.69, 9.17) is 21.8 Å². The molecule has 0 heterocycles. The van der Waals surface area contributed by atoms with Crippen LogP contribution in [0.5, 0.6) is 0 Å². The van der Waals surface area contributed by atoms with Crippen LogP contribution in [0.25, 0.3) is 6.08 Å². The molecule has 0 radical (unpaired) electrons. The van der Waals surface area contributed by atoms with Crippen LogP contribution in [-0.2, 0) is 14.4 Å². The molecule has 1 rings (SSSR count). The van der Waals surface area contributed by atoms with E-state index in [0.717, 1.165) is 11.6 Å². The Hall–Kier alpha value is -2.34. The third kappa shape index (κ3) is 5.66. The normalized spacial score (nSPS) is 12.1. The number of carbonyl (C=O) groups is 3. The van der Waals surface area contributed by atoms with E-state index in [1.165, 1.54) is 6.08 Å². The fourth-order valence-corrected chi connectivity index (χ4v) is 1.67. The number of aliphatic carboxylic acids is 2. The standard InChI is InChI=1S/C14H14ClNO5/c1-8-2-3-9(6-10(8)15)4-5-12(17)16-11(14(20)21)7-13(18)19/h2-6,11H,7H2,1H3,(H,16,17)(H,18,19)(H,20,21)/b5-4+/t11-/m0/s1. The van der Waals surface area contributed by atoms with E-state index in [9.17, 15) is 14.4 Å². The summed E-state index contributed by atoms with van der Waals surface area (Å²) < 4.78 is 0. The van der Waals surface area contributed by atoms with Crippen molar-refractivity contribution in [2.75, 3.05) is 0 Å². The second-order valence-electron chi connectivity index (χ2n) is 4.34. The molecular weight excluding hydrogens is 298 g/mol. The molecule has 0 spiro atoms. The molecule has 1 atom stereocenters. The van der Waals surface area contributed by atoms with Crippen molar-refractivity contribution in [1.29, 1.82) is 0 Å². The zero-order valence-electron chi connectivity index (χ0n) is 11.2. The number of halogens is 1. The van der Waals surface area contributed by atoms with Gasteiger partial charge in [0, 0.05) is 11.1 Å². The van der Waals surface area contributed by atoms with Gasteiger partial charge in [-0.25, -0.2) is 4.79 Å². The predicted octanol–water partition coefficient (Wildman–Crippen LogP) is 1.71. The van der Waals surface area contributed by atoms with E-state index < -0.39 is 30.3 Å². The van der Waals surface area contributed by atoms with Gasteiger partial charge in [-0.2, -0.15) is 0 Å². The average Bonchev–Trinajstić information content (AvgIpc) is 2.38. The highest BCUT2D eigenvalue weighted by atomic mass is 35.5. The molecule has 6 nitrogen and oxygen atoms in total. The fraction of sp³-hybridized carbons (Fsp3) is 0.214. The average molecular weight is 312 g/mol. The summed E-state index contributed by atoms with van der Waals surface area (Å²) in [5.74, 6) is -3.41. The van der Waals surface area contributed by atoms with Crippen molar-refractivity contribution in [2.45, 2.75) is 19.4 Å². The van der Waals surface area contributed by atoms with Crippen LogP contribution >= 0.6 is 11.6 Å². The molecule has 0 bridgehead atoms. The smallest absolute Gasteiger partial charge is 0.326 e. The topological polar surface area (TPSA) is 104 Å². The maximum absolute atomic E-state index is 11.6. The number of carbonyl (C=O) groups excluding carboxylic acids is 1. The van der Waals surface area contributed by atoms with Crippen LogP contribution in [-0.4, -0.2) is 34.1 Å². The summed E-state index contributed by atoms with van der Waals surface area (Å²) in [5.41, 5.74) is 1.57. The SMILES string of the molecule is Cc1ccc(/C=C/C(=O)N[C@@H](CC(=O)O)C(=O)O)cc1Cl. The lowest BCUT2D eigenvalue weighted by atomic mass is 10.1. The third-order valence-corrected chi connectivity index (χ3v) is 3.02. The Morgan fingerprint density at radius 3 is 2.52 bits per heavy atom. The summed E-state index contributed by atoms with van der Waals surface area (Å²) in [7, 11) is 0. The zero-order valence-corrected chi connectivity index (χ0v) is 11.9.